The third-order valence-electron chi connectivity index (χ3n) is 5.48. The van der Waals surface area contributed by atoms with E-state index in [1.807, 2.05) is 31.2 Å². The predicted molar refractivity (Wildman–Crippen MR) is 121 cm³/mol. The van der Waals surface area contributed by atoms with Gasteiger partial charge in [0.2, 0.25) is 15.9 Å². The van der Waals surface area contributed by atoms with Gasteiger partial charge in [-0.05, 0) is 30.9 Å². The second kappa shape index (κ2) is 9.89. The number of benzene rings is 2. The van der Waals surface area contributed by atoms with Crippen LogP contribution in [0.5, 0.6) is 11.5 Å². The van der Waals surface area contributed by atoms with Crippen molar-refractivity contribution in [3.63, 3.8) is 0 Å². The van der Waals surface area contributed by atoms with Crippen LogP contribution in [0.4, 0.5) is 5.69 Å². The number of halogens is 1. The van der Waals surface area contributed by atoms with E-state index in [2.05, 4.69) is 5.32 Å². The van der Waals surface area contributed by atoms with Crippen LogP contribution in [0, 0.1) is 12.8 Å². The summed E-state index contributed by atoms with van der Waals surface area (Å²) in [6.07, 6.45) is 1.22. The Bertz CT molecular complexity index is 1060. The maximum atomic E-state index is 13.0. The number of sulfonamides is 1. The first-order valence-electron chi connectivity index (χ1n) is 10.00. The zero-order chi connectivity index (χ0) is 22.6. The second-order valence-corrected chi connectivity index (χ2v) is 9.93. The molecule has 1 N–H and O–H groups in total. The number of carbonyl (C=O) groups is 1. The summed E-state index contributed by atoms with van der Waals surface area (Å²) in [6, 6.07) is 10.6. The van der Waals surface area contributed by atoms with E-state index in [1.54, 1.807) is 12.1 Å². The number of carbonyl (C=O) groups excluding carboxylic acids is 1. The molecule has 1 saturated heterocycles. The lowest BCUT2D eigenvalue weighted by atomic mass is 9.98. The Morgan fingerprint density at radius 1 is 1.19 bits per heavy atom. The number of piperidine rings is 1. The Labute approximate surface area is 188 Å². The SMILES string of the molecule is COc1cc(NC(=O)[C@@H]2CCCN(S(=O)(=O)Cc3ccccc3C)C2)c(OC)cc1Cl. The molecule has 0 aliphatic carbocycles. The van der Waals surface area contributed by atoms with Crippen molar-refractivity contribution in [2.45, 2.75) is 25.5 Å². The van der Waals surface area contributed by atoms with Crippen molar-refractivity contribution in [3.05, 3.63) is 52.5 Å². The van der Waals surface area contributed by atoms with Crippen LogP contribution in [0.25, 0.3) is 0 Å². The summed E-state index contributed by atoms with van der Waals surface area (Å²) < 4.78 is 37.9. The number of aryl methyl sites for hydroxylation is 1. The van der Waals surface area contributed by atoms with Crippen LogP contribution >= 0.6 is 11.6 Å². The molecule has 1 heterocycles. The van der Waals surface area contributed by atoms with E-state index in [1.165, 1.54) is 18.5 Å². The molecule has 31 heavy (non-hydrogen) atoms. The van der Waals surface area contributed by atoms with Gasteiger partial charge in [0.25, 0.3) is 0 Å². The summed E-state index contributed by atoms with van der Waals surface area (Å²) in [4.78, 5) is 12.9. The monoisotopic (exact) mass is 466 g/mol. The Morgan fingerprint density at radius 2 is 1.90 bits per heavy atom. The smallest absolute Gasteiger partial charge is 0.228 e. The molecule has 1 atom stereocenters. The lowest BCUT2D eigenvalue weighted by molar-refractivity contribution is -0.120. The molecule has 7 nitrogen and oxygen atoms in total. The Kier molecular flexibility index (Phi) is 7.46. The second-order valence-electron chi connectivity index (χ2n) is 7.56. The zero-order valence-corrected chi connectivity index (χ0v) is 19.4. The molecule has 168 valence electrons. The third kappa shape index (κ3) is 5.50. The van der Waals surface area contributed by atoms with E-state index in [-0.39, 0.29) is 18.2 Å². The Morgan fingerprint density at radius 3 is 2.58 bits per heavy atom. The maximum Gasteiger partial charge on any atom is 0.228 e. The van der Waals surface area contributed by atoms with Crippen LogP contribution in [-0.4, -0.2) is 45.9 Å². The van der Waals surface area contributed by atoms with Crippen LogP contribution < -0.4 is 14.8 Å². The minimum absolute atomic E-state index is 0.0732. The van der Waals surface area contributed by atoms with Crippen LogP contribution in [0.2, 0.25) is 5.02 Å². The summed E-state index contributed by atoms with van der Waals surface area (Å²) in [5.41, 5.74) is 2.13. The molecule has 1 amide bonds. The number of methoxy groups -OCH3 is 2. The highest BCUT2D eigenvalue weighted by Gasteiger charge is 2.33. The number of ether oxygens (including phenoxy) is 2. The van der Waals surface area contributed by atoms with Gasteiger partial charge in [-0.3, -0.25) is 4.79 Å². The van der Waals surface area contributed by atoms with Crippen molar-refractivity contribution >= 4 is 33.2 Å². The molecule has 1 aliphatic heterocycles. The summed E-state index contributed by atoms with van der Waals surface area (Å²) in [5, 5.41) is 3.20. The van der Waals surface area contributed by atoms with Crippen LogP contribution in [0.1, 0.15) is 24.0 Å². The molecule has 9 heteroatoms. The van der Waals surface area contributed by atoms with E-state index in [0.29, 0.717) is 41.6 Å². The maximum absolute atomic E-state index is 13.0. The molecule has 2 aromatic carbocycles. The van der Waals surface area contributed by atoms with Gasteiger partial charge in [0, 0.05) is 25.2 Å². The van der Waals surface area contributed by atoms with Crippen LogP contribution in [0.3, 0.4) is 0 Å². The fraction of sp³-hybridized carbons (Fsp3) is 0.409. The highest BCUT2D eigenvalue weighted by atomic mass is 35.5. The van der Waals surface area contributed by atoms with Crippen molar-refractivity contribution in [1.82, 2.24) is 4.31 Å². The van der Waals surface area contributed by atoms with Crippen LogP contribution in [-0.2, 0) is 20.6 Å². The van der Waals surface area contributed by atoms with E-state index in [9.17, 15) is 13.2 Å². The van der Waals surface area contributed by atoms with Crippen molar-refractivity contribution in [2.75, 3.05) is 32.6 Å². The predicted octanol–water partition coefficient (Wildman–Crippen LogP) is 3.85. The average molecular weight is 467 g/mol. The molecule has 0 unspecified atom stereocenters. The van der Waals surface area contributed by atoms with Crippen molar-refractivity contribution in [2.24, 2.45) is 5.92 Å². The number of nitrogens with one attached hydrogen (secondary N) is 1. The fourth-order valence-corrected chi connectivity index (χ4v) is 5.61. The topological polar surface area (TPSA) is 84.9 Å². The highest BCUT2D eigenvalue weighted by molar-refractivity contribution is 7.88. The van der Waals surface area contributed by atoms with Gasteiger partial charge >= 0.3 is 0 Å². The van der Waals surface area contributed by atoms with Gasteiger partial charge in [0.15, 0.2) is 0 Å². The third-order valence-corrected chi connectivity index (χ3v) is 7.57. The summed E-state index contributed by atoms with van der Waals surface area (Å²) in [6.45, 7) is 2.45. The van der Waals surface area contributed by atoms with Crippen LogP contribution in [0.15, 0.2) is 36.4 Å². The Hall–Kier alpha value is -2.29. The van der Waals surface area contributed by atoms with Gasteiger partial charge in [0.05, 0.1) is 36.6 Å². The lowest BCUT2D eigenvalue weighted by Gasteiger charge is -2.31. The summed E-state index contributed by atoms with van der Waals surface area (Å²) >= 11 is 6.12. The fourth-order valence-electron chi connectivity index (χ4n) is 3.66. The molecule has 1 fully saturated rings. The molecule has 3 rings (SSSR count). The molecule has 2 aromatic rings. The van der Waals surface area contributed by atoms with Crippen molar-refractivity contribution < 1.29 is 22.7 Å². The van der Waals surface area contributed by atoms with Gasteiger partial charge < -0.3 is 14.8 Å². The lowest BCUT2D eigenvalue weighted by Crippen LogP contribution is -2.44. The van der Waals surface area contributed by atoms with E-state index < -0.39 is 15.9 Å². The minimum Gasteiger partial charge on any atom is -0.495 e. The van der Waals surface area contributed by atoms with E-state index in [0.717, 1.165) is 11.1 Å². The summed E-state index contributed by atoms with van der Waals surface area (Å²) in [5.74, 6) is 0.00373. The number of nitrogens with zero attached hydrogens (tertiary/aromatic N) is 1. The number of hydrogen-bond donors (Lipinski definition) is 1. The number of hydrogen-bond acceptors (Lipinski definition) is 5. The van der Waals surface area contributed by atoms with Gasteiger partial charge in [-0.1, -0.05) is 35.9 Å². The van der Waals surface area contributed by atoms with Crippen molar-refractivity contribution in [1.29, 1.82) is 0 Å². The van der Waals surface area contributed by atoms with Gasteiger partial charge in [-0.2, -0.15) is 0 Å². The quantitative estimate of drug-likeness (QED) is 0.670. The largest absolute Gasteiger partial charge is 0.495 e. The first kappa shape index (κ1) is 23.4. The van der Waals surface area contributed by atoms with Crippen molar-refractivity contribution in [3.8, 4) is 11.5 Å². The summed E-state index contributed by atoms with van der Waals surface area (Å²) in [7, 11) is -0.572. The first-order chi connectivity index (χ1) is 14.7. The Balaban J connectivity index is 1.73. The molecule has 0 saturated carbocycles. The van der Waals surface area contributed by atoms with Gasteiger partial charge in [-0.15, -0.1) is 0 Å². The molecule has 1 aliphatic rings. The standard InChI is InChI=1S/C22H27ClN2O5S/c1-15-7-4-5-8-17(15)14-31(27,28)25-10-6-9-16(13-25)22(26)24-19-12-20(29-2)18(23)11-21(19)30-3/h4-5,7-8,11-12,16H,6,9-10,13-14H2,1-3H3,(H,24,26)/t16-/m1/s1. The number of anilines is 1. The highest BCUT2D eigenvalue weighted by Crippen LogP contribution is 2.36. The molecular weight excluding hydrogens is 440 g/mol. The first-order valence-corrected chi connectivity index (χ1v) is 12.0. The van der Waals surface area contributed by atoms with Gasteiger partial charge in [-0.25, -0.2) is 12.7 Å². The van der Waals surface area contributed by atoms with Gasteiger partial charge in [0.1, 0.15) is 11.5 Å². The number of amides is 1. The number of rotatable bonds is 7. The zero-order valence-electron chi connectivity index (χ0n) is 17.9. The molecule has 0 bridgehead atoms. The molecule has 0 spiro atoms. The molecule has 0 radical (unpaired) electrons. The van der Waals surface area contributed by atoms with E-state index >= 15 is 0 Å². The molecule has 0 aromatic heterocycles. The normalized spacial score (nSPS) is 17.2. The minimum atomic E-state index is -3.54. The van der Waals surface area contributed by atoms with E-state index in [4.69, 9.17) is 21.1 Å². The molecular formula is C22H27ClN2O5S. The average Bonchev–Trinajstić information content (AvgIpc) is 2.76.